The Balaban J connectivity index is 1.49. The van der Waals surface area contributed by atoms with Crippen LogP contribution < -0.4 is 16.0 Å². The third-order valence-electron chi connectivity index (χ3n) is 4.14. The minimum absolute atomic E-state index is 0.00993. The summed E-state index contributed by atoms with van der Waals surface area (Å²) >= 11 is 3.14. The van der Waals surface area contributed by atoms with Crippen molar-refractivity contribution in [1.82, 2.24) is 10.6 Å². The molecule has 2 heterocycles. The lowest BCUT2D eigenvalue weighted by Gasteiger charge is -2.19. The monoisotopic (exact) mass is 421 g/mol. The smallest absolute Gasteiger partial charge is 0.414 e. The van der Waals surface area contributed by atoms with E-state index in [9.17, 15) is 14.4 Å². The highest BCUT2D eigenvalue weighted by Gasteiger charge is 2.35. The second kappa shape index (κ2) is 9.38. The Hall–Kier alpha value is -2.13. The number of ether oxygens (including phenoxy) is 1. The van der Waals surface area contributed by atoms with E-state index in [0.717, 1.165) is 16.3 Å². The fraction of sp³-hybridized carbons (Fsp3) is 0.421. The first-order chi connectivity index (χ1) is 13.4. The van der Waals surface area contributed by atoms with Crippen LogP contribution in [0.3, 0.4) is 0 Å². The molecule has 1 fully saturated rings. The molecule has 0 bridgehead atoms. The highest BCUT2D eigenvalue weighted by atomic mass is 32.2. The van der Waals surface area contributed by atoms with E-state index in [-0.39, 0.29) is 22.8 Å². The number of thioether (sulfide) groups is 2. The standard InChI is InChI=1S/C19H23N3O4S2/c1-11(2)26-19(25)22-17(24)12-9-10-27-18(12)21-15(23)7-8-16-20-13-5-3-4-6-14(13)28-16/h3-8,11-12,16,18,20H,9-10H2,1-2H3,(H,21,23)(H,22,24,25). The number of rotatable bonds is 5. The molecule has 2 aliphatic rings. The number of fused-ring (bicyclic) bond motifs is 1. The maximum Gasteiger partial charge on any atom is 0.414 e. The van der Waals surface area contributed by atoms with Crippen LogP contribution in [-0.4, -0.2) is 40.5 Å². The molecule has 7 nitrogen and oxygen atoms in total. The van der Waals surface area contributed by atoms with Gasteiger partial charge in [0.2, 0.25) is 11.8 Å². The Bertz CT molecular complexity index is 759. The summed E-state index contributed by atoms with van der Waals surface area (Å²) in [6.07, 6.45) is 2.81. The predicted molar refractivity (Wildman–Crippen MR) is 111 cm³/mol. The van der Waals surface area contributed by atoms with Crippen LogP contribution in [0.2, 0.25) is 0 Å². The van der Waals surface area contributed by atoms with E-state index in [1.54, 1.807) is 31.7 Å². The Morgan fingerprint density at radius 3 is 2.82 bits per heavy atom. The third-order valence-corrected chi connectivity index (χ3v) is 6.56. The molecule has 3 unspecified atom stereocenters. The molecule has 0 aromatic heterocycles. The number of nitrogens with one attached hydrogen (secondary N) is 3. The summed E-state index contributed by atoms with van der Waals surface area (Å²) < 4.78 is 4.93. The van der Waals surface area contributed by atoms with Gasteiger partial charge in [-0.25, -0.2) is 4.79 Å². The van der Waals surface area contributed by atoms with E-state index in [1.165, 1.54) is 17.8 Å². The largest absolute Gasteiger partial charge is 0.447 e. The first-order valence-corrected chi connectivity index (χ1v) is 11.0. The van der Waals surface area contributed by atoms with Gasteiger partial charge in [0.05, 0.1) is 22.8 Å². The summed E-state index contributed by atoms with van der Waals surface area (Å²) in [5.74, 6) is -0.416. The van der Waals surface area contributed by atoms with Gasteiger partial charge in [-0.15, -0.1) is 11.8 Å². The second-order valence-corrected chi connectivity index (χ2v) is 9.11. The lowest BCUT2D eigenvalue weighted by Crippen LogP contribution is -2.44. The lowest BCUT2D eigenvalue weighted by molar-refractivity contribution is -0.124. The molecule has 1 aromatic carbocycles. The fourth-order valence-corrected chi connectivity index (χ4v) is 5.26. The van der Waals surface area contributed by atoms with Gasteiger partial charge >= 0.3 is 6.09 Å². The van der Waals surface area contributed by atoms with Crippen molar-refractivity contribution in [2.24, 2.45) is 5.92 Å². The van der Waals surface area contributed by atoms with Crippen LogP contribution in [0, 0.1) is 5.92 Å². The first-order valence-electron chi connectivity index (χ1n) is 9.06. The summed E-state index contributed by atoms with van der Waals surface area (Å²) in [6, 6.07) is 7.97. The highest BCUT2D eigenvalue weighted by molar-refractivity contribution is 8.00. The van der Waals surface area contributed by atoms with Crippen molar-refractivity contribution in [3.05, 3.63) is 36.4 Å². The SMILES string of the molecule is CC(C)OC(=O)NC(=O)C1CCSC1NC(=O)C=CC1Nc2ccccc2S1. The molecule has 3 amide bonds. The maximum atomic E-state index is 12.3. The number of hydrogen-bond donors (Lipinski definition) is 3. The minimum Gasteiger partial charge on any atom is -0.447 e. The molecule has 9 heteroatoms. The molecule has 2 aliphatic heterocycles. The molecule has 28 heavy (non-hydrogen) atoms. The van der Waals surface area contributed by atoms with Gasteiger partial charge in [-0.1, -0.05) is 23.9 Å². The predicted octanol–water partition coefficient (Wildman–Crippen LogP) is 2.94. The average molecular weight is 422 g/mol. The molecule has 0 radical (unpaired) electrons. The van der Waals surface area contributed by atoms with Gasteiger partial charge in [0.1, 0.15) is 0 Å². The van der Waals surface area contributed by atoms with Gasteiger partial charge in [0.15, 0.2) is 0 Å². The van der Waals surface area contributed by atoms with Crippen molar-refractivity contribution < 1.29 is 19.1 Å². The number of carbonyl (C=O) groups is 3. The zero-order valence-corrected chi connectivity index (χ0v) is 17.3. The summed E-state index contributed by atoms with van der Waals surface area (Å²) in [6.45, 7) is 3.42. The molecular formula is C19H23N3O4S2. The number of hydrogen-bond acceptors (Lipinski definition) is 7. The minimum atomic E-state index is -0.759. The number of carbonyl (C=O) groups excluding carboxylic acids is 3. The van der Waals surface area contributed by atoms with Crippen molar-refractivity contribution in [3.8, 4) is 0 Å². The molecular weight excluding hydrogens is 398 g/mol. The van der Waals surface area contributed by atoms with E-state index in [1.807, 2.05) is 24.3 Å². The molecule has 1 aromatic rings. The Morgan fingerprint density at radius 1 is 1.29 bits per heavy atom. The molecule has 1 saturated heterocycles. The summed E-state index contributed by atoms with van der Waals surface area (Å²) in [7, 11) is 0. The third kappa shape index (κ3) is 5.45. The van der Waals surface area contributed by atoms with Gasteiger partial charge in [-0.3, -0.25) is 14.9 Å². The number of para-hydroxylation sites is 1. The van der Waals surface area contributed by atoms with Crippen LogP contribution in [0.15, 0.2) is 41.3 Å². The maximum absolute atomic E-state index is 12.3. The van der Waals surface area contributed by atoms with E-state index in [4.69, 9.17) is 4.74 Å². The Labute approximate surface area is 172 Å². The number of anilines is 1. The number of alkyl carbamates (subject to hydrolysis) is 1. The highest BCUT2D eigenvalue weighted by Crippen LogP contribution is 2.38. The Kier molecular flexibility index (Phi) is 6.90. The lowest BCUT2D eigenvalue weighted by atomic mass is 10.1. The molecule has 3 N–H and O–H groups in total. The van der Waals surface area contributed by atoms with E-state index in [2.05, 4.69) is 16.0 Å². The summed E-state index contributed by atoms with van der Waals surface area (Å²) in [4.78, 5) is 37.4. The van der Waals surface area contributed by atoms with Crippen molar-refractivity contribution in [2.75, 3.05) is 11.1 Å². The van der Waals surface area contributed by atoms with Crippen molar-refractivity contribution in [2.45, 2.75) is 42.0 Å². The molecule has 0 saturated carbocycles. The topological polar surface area (TPSA) is 96.5 Å². The molecule has 0 aliphatic carbocycles. The number of imide groups is 1. The zero-order chi connectivity index (χ0) is 20.1. The van der Waals surface area contributed by atoms with Gasteiger partial charge in [-0.2, -0.15) is 0 Å². The zero-order valence-electron chi connectivity index (χ0n) is 15.6. The van der Waals surface area contributed by atoms with Crippen molar-refractivity contribution in [3.63, 3.8) is 0 Å². The van der Waals surface area contributed by atoms with E-state index in [0.29, 0.717) is 6.42 Å². The summed E-state index contributed by atoms with van der Waals surface area (Å²) in [5.41, 5.74) is 1.05. The van der Waals surface area contributed by atoms with Crippen LogP contribution in [0.1, 0.15) is 20.3 Å². The number of amides is 3. The van der Waals surface area contributed by atoms with Crippen molar-refractivity contribution >= 4 is 47.1 Å². The quantitative estimate of drug-likeness (QED) is 0.629. The van der Waals surface area contributed by atoms with Gasteiger partial charge in [0.25, 0.3) is 0 Å². The van der Waals surface area contributed by atoms with E-state index < -0.39 is 17.9 Å². The second-order valence-electron chi connectivity index (χ2n) is 6.68. The van der Waals surface area contributed by atoms with Gasteiger partial charge in [0, 0.05) is 16.7 Å². The fourth-order valence-electron chi connectivity index (χ4n) is 2.90. The first kappa shape index (κ1) is 20.6. The molecule has 150 valence electrons. The Morgan fingerprint density at radius 2 is 2.07 bits per heavy atom. The summed E-state index contributed by atoms with van der Waals surface area (Å²) in [5, 5.41) is 8.05. The normalized spacial score (nSPS) is 23.3. The van der Waals surface area contributed by atoms with Crippen LogP contribution >= 0.6 is 23.5 Å². The molecule has 0 spiro atoms. The van der Waals surface area contributed by atoms with Crippen molar-refractivity contribution in [1.29, 1.82) is 0 Å². The molecule has 3 rings (SSSR count). The average Bonchev–Trinajstić information content (AvgIpc) is 3.25. The van der Waals surface area contributed by atoms with E-state index >= 15 is 0 Å². The van der Waals surface area contributed by atoms with Crippen LogP contribution in [-0.2, 0) is 14.3 Å². The van der Waals surface area contributed by atoms with Gasteiger partial charge in [-0.05, 0) is 44.2 Å². The van der Waals surface area contributed by atoms with Crippen LogP contribution in [0.4, 0.5) is 10.5 Å². The van der Waals surface area contributed by atoms with Crippen LogP contribution in [0.5, 0.6) is 0 Å². The van der Waals surface area contributed by atoms with Gasteiger partial charge < -0.3 is 15.4 Å². The van der Waals surface area contributed by atoms with Crippen LogP contribution in [0.25, 0.3) is 0 Å². The molecule has 3 atom stereocenters. The number of benzene rings is 1.